The second-order valence-electron chi connectivity index (χ2n) is 5.91. The number of nitrogen functional groups attached to an aromatic ring is 1. The number of fused-ring (bicyclic) bond motifs is 1. The van der Waals surface area contributed by atoms with Crippen molar-refractivity contribution in [1.29, 1.82) is 0 Å². The first-order valence-electron chi connectivity index (χ1n) is 8.00. The number of carboxylic acid groups (broad SMARTS) is 1. The summed E-state index contributed by atoms with van der Waals surface area (Å²) in [6.45, 7) is 0.520. The summed E-state index contributed by atoms with van der Waals surface area (Å²) in [4.78, 5) is 11.0. The van der Waals surface area contributed by atoms with Crippen LogP contribution in [0.1, 0.15) is 15.9 Å². The van der Waals surface area contributed by atoms with E-state index in [9.17, 15) is 4.79 Å². The summed E-state index contributed by atoms with van der Waals surface area (Å²) < 4.78 is 7.79. The average Bonchev–Trinajstić information content (AvgIpc) is 3.28. The van der Waals surface area contributed by atoms with Crippen molar-refractivity contribution in [3.63, 3.8) is 0 Å². The van der Waals surface area contributed by atoms with Crippen molar-refractivity contribution in [3.05, 3.63) is 76.6 Å². The summed E-state index contributed by atoms with van der Waals surface area (Å²) in [5, 5.41) is 14.0. The molecule has 0 saturated heterocycles. The number of anilines is 1. The molecule has 0 saturated carbocycles. The second kappa shape index (κ2) is 6.57. The number of ether oxygens (including phenoxy) is 1. The number of carboxylic acids is 1. The summed E-state index contributed by atoms with van der Waals surface area (Å²) in [6, 6.07) is 14.5. The molecule has 2 aromatic heterocycles. The third-order valence-corrected chi connectivity index (χ3v) is 4.92. The molecule has 130 valence electrons. The van der Waals surface area contributed by atoms with E-state index >= 15 is 0 Å². The van der Waals surface area contributed by atoms with Gasteiger partial charge in [0.05, 0.1) is 16.8 Å². The molecule has 5 nitrogen and oxygen atoms in total. The maximum Gasteiger partial charge on any atom is 0.335 e. The van der Waals surface area contributed by atoms with Crippen LogP contribution in [0.25, 0.3) is 16.6 Å². The number of aromatic nitrogens is 1. The molecule has 0 fully saturated rings. The Labute approximate surface area is 153 Å². The Kier molecular flexibility index (Phi) is 4.10. The predicted molar refractivity (Wildman–Crippen MR) is 103 cm³/mol. The van der Waals surface area contributed by atoms with Gasteiger partial charge < -0.3 is 20.1 Å². The van der Waals surface area contributed by atoms with Crippen LogP contribution in [0.15, 0.2) is 65.5 Å². The zero-order valence-electron chi connectivity index (χ0n) is 13.8. The molecule has 4 aromatic rings. The third kappa shape index (κ3) is 3.02. The lowest BCUT2D eigenvalue weighted by Crippen LogP contribution is -1.98. The van der Waals surface area contributed by atoms with Crippen molar-refractivity contribution < 1.29 is 14.6 Å². The molecule has 26 heavy (non-hydrogen) atoms. The SMILES string of the molecule is Nc1cn(-c2ccc(C(=O)O)cc2)c2ccc(OCc3ccsc3)cc12. The van der Waals surface area contributed by atoms with Gasteiger partial charge in [-0.05, 0) is 64.9 Å². The van der Waals surface area contributed by atoms with Crippen LogP contribution >= 0.6 is 11.3 Å². The molecule has 3 N–H and O–H groups in total. The van der Waals surface area contributed by atoms with Crippen molar-refractivity contribution in [2.24, 2.45) is 0 Å². The summed E-state index contributed by atoms with van der Waals surface area (Å²) in [7, 11) is 0. The summed E-state index contributed by atoms with van der Waals surface area (Å²) in [5.74, 6) is -0.185. The highest BCUT2D eigenvalue weighted by atomic mass is 32.1. The van der Waals surface area contributed by atoms with Crippen LogP contribution in [0.3, 0.4) is 0 Å². The molecular formula is C20H16N2O3S. The minimum atomic E-state index is -0.944. The molecule has 0 bridgehead atoms. The summed E-state index contributed by atoms with van der Waals surface area (Å²) >= 11 is 1.64. The molecule has 4 rings (SSSR count). The van der Waals surface area contributed by atoms with Gasteiger partial charge in [-0.25, -0.2) is 4.79 Å². The Hall–Kier alpha value is -3.25. The smallest absolute Gasteiger partial charge is 0.335 e. The standard InChI is InChI=1S/C20H16N2O3S/c21-18-10-22(15-3-1-14(2-4-15)20(23)24)19-6-5-16(9-17(18)19)25-11-13-7-8-26-12-13/h1-10,12H,11,21H2,(H,23,24). The normalized spacial score (nSPS) is 10.9. The van der Waals surface area contributed by atoms with Crippen LogP contribution in [-0.2, 0) is 6.61 Å². The first-order chi connectivity index (χ1) is 12.6. The van der Waals surface area contributed by atoms with Crippen molar-refractivity contribution in [3.8, 4) is 11.4 Å². The monoisotopic (exact) mass is 364 g/mol. The molecule has 0 amide bonds. The van der Waals surface area contributed by atoms with Gasteiger partial charge in [-0.15, -0.1) is 0 Å². The zero-order valence-corrected chi connectivity index (χ0v) is 14.6. The number of aromatic carboxylic acids is 1. The van der Waals surface area contributed by atoms with Gasteiger partial charge in [-0.3, -0.25) is 0 Å². The predicted octanol–water partition coefficient (Wildman–Crippen LogP) is 4.55. The molecule has 0 aliphatic carbocycles. The number of thiophene rings is 1. The van der Waals surface area contributed by atoms with Crippen molar-refractivity contribution in [2.75, 3.05) is 5.73 Å². The Bertz CT molecular complexity index is 1070. The van der Waals surface area contributed by atoms with Gasteiger partial charge in [0, 0.05) is 17.3 Å². The van der Waals surface area contributed by atoms with Gasteiger partial charge in [-0.1, -0.05) is 0 Å². The van der Waals surface area contributed by atoms with Gasteiger partial charge in [0.15, 0.2) is 0 Å². The maximum absolute atomic E-state index is 11.0. The fraction of sp³-hybridized carbons (Fsp3) is 0.0500. The van der Waals surface area contributed by atoms with Gasteiger partial charge in [0.1, 0.15) is 12.4 Å². The molecule has 2 aromatic carbocycles. The quantitative estimate of drug-likeness (QED) is 0.544. The van der Waals surface area contributed by atoms with Crippen LogP contribution < -0.4 is 10.5 Å². The minimum absolute atomic E-state index is 0.252. The van der Waals surface area contributed by atoms with E-state index in [2.05, 4.69) is 5.38 Å². The van der Waals surface area contributed by atoms with E-state index in [1.807, 2.05) is 40.4 Å². The lowest BCUT2D eigenvalue weighted by molar-refractivity contribution is 0.0697. The van der Waals surface area contributed by atoms with Crippen LogP contribution in [-0.4, -0.2) is 15.6 Å². The van der Waals surface area contributed by atoms with Gasteiger partial charge >= 0.3 is 5.97 Å². The second-order valence-corrected chi connectivity index (χ2v) is 6.69. The zero-order chi connectivity index (χ0) is 18.1. The fourth-order valence-corrected chi connectivity index (χ4v) is 3.50. The Morgan fingerprint density at radius 3 is 2.65 bits per heavy atom. The van der Waals surface area contributed by atoms with Crippen molar-refractivity contribution in [1.82, 2.24) is 4.57 Å². The Morgan fingerprint density at radius 1 is 1.15 bits per heavy atom. The van der Waals surface area contributed by atoms with E-state index < -0.39 is 5.97 Å². The fourth-order valence-electron chi connectivity index (χ4n) is 2.84. The molecule has 0 atom stereocenters. The summed E-state index contributed by atoms with van der Waals surface area (Å²) in [6.07, 6.45) is 1.84. The van der Waals surface area contributed by atoms with Crippen LogP contribution in [0.2, 0.25) is 0 Å². The van der Waals surface area contributed by atoms with E-state index in [1.165, 1.54) is 0 Å². The average molecular weight is 364 g/mol. The first kappa shape index (κ1) is 16.2. The van der Waals surface area contributed by atoms with E-state index in [1.54, 1.807) is 35.6 Å². The molecule has 0 aliphatic heterocycles. The summed E-state index contributed by atoms with van der Waals surface area (Å²) in [5.41, 5.74) is 10.0. The number of hydrogen-bond donors (Lipinski definition) is 2. The number of hydrogen-bond acceptors (Lipinski definition) is 4. The van der Waals surface area contributed by atoms with Crippen LogP contribution in [0, 0.1) is 0 Å². The Morgan fingerprint density at radius 2 is 1.96 bits per heavy atom. The van der Waals surface area contributed by atoms with Crippen LogP contribution in [0.5, 0.6) is 5.75 Å². The van der Waals surface area contributed by atoms with E-state index in [0.717, 1.165) is 27.9 Å². The van der Waals surface area contributed by atoms with Gasteiger partial charge in [-0.2, -0.15) is 11.3 Å². The first-order valence-corrected chi connectivity index (χ1v) is 8.94. The molecule has 6 heteroatoms. The van der Waals surface area contributed by atoms with Crippen molar-refractivity contribution in [2.45, 2.75) is 6.61 Å². The molecule has 0 unspecified atom stereocenters. The van der Waals surface area contributed by atoms with Crippen molar-refractivity contribution >= 4 is 33.9 Å². The number of benzene rings is 2. The minimum Gasteiger partial charge on any atom is -0.489 e. The number of rotatable bonds is 5. The topological polar surface area (TPSA) is 77.5 Å². The number of nitrogens with zero attached hydrogens (tertiary/aromatic N) is 1. The molecular weight excluding hydrogens is 348 g/mol. The van der Waals surface area contributed by atoms with Crippen LogP contribution in [0.4, 0.5) is 5.69 Å². The third-order valence-electron chi connectivity index (χ3n) is 4.18. The largest absolute Gasteiger partial charge is 0.489 e. The lowest BCUT2D eigenvalue weighted by Gasteiger charge is -2.08. The molecule has 2 heterocycles. The van der Waals surface area contributed by atoms with E-state index in [4.69, 9.17) is 15.6 Å². The highest BCUT2D eigenvalue weighted by Crippen LogP contribution is 2.30. The molecule has 0 aliphatic rings. The Balaban J connectivity index is 1.65. The van der Waals surface area contributed by atoms with E-state index in [-0.39, 0.29) is 5.56 Å². The lowest BCUT2D eigenvalue weighted by atomic mass is 10.2. The number of nitrogens with two attached hydrogens (primary N) is 1. The molecule has 0 spiro atoms. The van der Waals surface area contributed by atoms with Gasteiger partial charge in [0.25, 0.3) is 0 Å². The molecule has 0 radical (unpaired) electrons. The van der Waals surface area contributed by atoms with Gasteiger partial charge in [0.2, 0.25) is 0 Å². The highest BCUT2D eigenvalue weighted by molar-refractivity contribution is 7.07. The highest BCUT2D eigenvalue weighted by Gasteiger charge is 2.10. The maximum atomic E-state index is 11.0. The number of carbonyl (C=O) groups is 1. The van der Waals surface area contributed by atoms with E-state index in [0.29, 0.717) is 12.3 Å².